The molecule has 1 aromatic carbocycles. The zero-order chi connectivity index (χ0) is 12.8. The highest BCUT2D eigenvalue weighted by Gasteiger charge is 2.01. The second-order valence-corrected chi connectivity index (χ2v) is 4.18. The maximum Gasteiger partial charge on any atom is 0.163 e. The molecular weight excluding hydrogens is 222 g/mol. The third-order valence-electron chi connectivity index (χ3n) is 2.73. The van der Waals surface area contributed by atoms with Crippen molar-refractivity contribution in [2.45, 2.75) is 13.3 Å². The lowest BCUT2D eigenvalue weighted by molar-refractivity contribution is 1.01. The van der Waals surface area contributed by atoms with E-state index in [1.165, 1.54) is 11.1 Å². The molecule has 0 spiro atoms. The monoisotopic (exact) mass is 237 g/mol. The first kappa shape index (κ1) is 12.1. The van der Waals surface area contributed by atoms with Crippen LogP contribution in [-0.2, 0) is 6.42 Å². The molecule has 1 heterocycles. The number of pyridine rings is 1. The molecule has 1 N–H and O–H groups in total. The summed E-state index contributed by atoms with van der Waals surface area (Å²) in [6.45, 7) is 2.88. The van der Waals surface area contributed by atoms with Gasteiger partial charge in [-0.05, 0) is 31.0 Å². The quantitative estimate of drug-likeness (QED) is 0.889. The van der Waals surface area contributed by atoms with Crippen molar-refractivity contribution >= 4 is 5.69 Å². The summed E-state index contributed by atoms with van der Waals surface area (Å²) >= 11 is 0. The maximum absolute atomic E-state index is 8.92. The fourth-order valence-electron chi connectivity index (χ4n) is 1.85. The lowest BCUT2D eigenvalue weighted by atomic mass is 10.1. The number of benzene rings is 1. The summed E-state index contributed by atoms with van der Waals surface area (Å²) in [5.41, 5.74) is 3.81. The standard InChI is InChI=1S/C15H15N3/c1-12-4-2-5-13(10-12)7-9-18-14-6-3-8-17-15(14)11-16/h2-6,8,10,18H,7,9H2,1H3. The van der Waals surface area contributed by atoms with E-state index in [9.17, 15) is 0 Å². The van der Waals surface area contributed by atoms with Crippen LogP contribution in [0.5, 0.6) is 0 Å². The van der Waals surface area contributed by atoms with Crippen molar-refractivity contribution in [3.63, 3.8) is 0 Å². The van der Waals surface area contributed by atoms with Gasteiger partial charge in [0, 0.05) is 12.7 Å². The first-order chi connectivity index (χ1) is 8.79. The second-order valence-electron chi connectivity index (χ2n) is 4.18. The van der Waals surface area contributed by atoms with Crippen molar-refractivity contribution < 1.29 is 0 Å². The molecule has 0 bridgehead atoms. The van der Waals surface area contributed by atoms with Crippen LogP contribution >= 0.6 is 0 Å². The number of aromatic nitrogens is 1. The molecule has 0 amide bonds. The van der Waals surface area contributed by atoms with Gasteiger partial charge in [-0.3, -0.25) is 0 Å². The Morgan fingerprint density at radius 3 is 2.94 bits per heavy atom. The number of anilines is 1. The van der Waals surface area contributed by atoms with Crippen LogP contribution in [0.3, 0.4) is 0 Å². The Balaban J connectivity index is 1.95. The fraction of sp³-hybridized carbons (Fsp3) is 0.200. The molecule has 0 aliphatic carbocycles. The number of hydrogen-bond donors (Lipinski definition) is 1. The molecule has 0 aliphatic rings. The van der Waals surface area contributed by atoms with E-state index in [4.69, 9.17) is 5.26 Å². The minimum atomic E-state index is 0.446. The summed E-state index contributed by atoms with van der Waals surface area (Å²) in [5.74, 6) is 0. The Hall–Kier alpha value is -2.34. The minimum Gasteiger partial charge on any atom is -0.382 e. The molecule has 3 nitrogen and oxygen atoms in total. The predicted octanol–water partition coefficient (Wildman–Crippen LogP) is 2.92. The van der Waals surface area contributed by atoms with Crippen LogP contribution in [0.4, 0.5) is 5.69 Å². The van der Waals surface area contributed by atoms with Crippen molar-refractivity contribution in [2.24, 2.45) is 0 Å². The van der Waals surface area contributed by atoms with Crippen molar-refractivity contribution in [3.05, 3.63) is 59.4 Å². The van der Waals surface area contributed by atoms with Crippen molar-refractivity contribution in [2.75, 3.05) is 11.9 Å². The molecule has 0 saturated carbocycles. The van der Waals surface area contributed by atoms with E-state index in [0.717, 1.165) is 18.7 Å². The van der Waals surface area contributed by atoms with Gasteiger partial charge in [-0.1, -0.05) is 29.8 Å². The van der Waals surface area contributed by atoms with E-state index in [-0.39, 0.29) is 0 Å². The zero-order valence-electron chi connectivity index (χ0n) is 10.4. The first-order valence-corrected chi connectivity index (χ1v) is 5.94. The summed E-state index contributed by atoms with van der Waals surface area (Å²) < 4.78 is 0. The van der Waals surface area contributed by atoms with Gasteiger partial charge in [-0.15, -0.1) is 0 Å². The summed E-state index contributed by atoms with van der Waals surface area (Å²) in [6.07, 6.45) is 2.56. The molecule has 1 aromatic heterocycles. The van der Waals surface area contributed by atoms with Crippen LogP contribution in [-0.4, -0.2) is 11.5 Å². The zero-order valence-corrected chi connectivity index (χ0v) is 10.4. The number of rotatable bonds is 4. The third-order valence-corrected chi connectivity index (χ3v) is 2.73. The topological polar surface area (TPSA) is 48.7 Å². The lowest BCUT2D eigenvalue weighted by Crippen LogP contribution is -2.06. The van der Waals surface area contributed by atoms with Crippen molar-refractivity contribution in [1.82, 2.24) is 4.98 Å². The lowest BCUT2D eigenvalue weighted by Gasteiger charge is -2.07. The van der Waals surface area contributed by atoms with E-state index in [2.05, 4.69) is 47.6 Å². The minimum absolute atomic E-state index is 0.446. The number of nitrogens with one attached hydrogen (secondary N) is 1. The van der Waals surface area contributed by atoms with E-state index < -0.39 is 0 Å². The van der Waals surface area contributed by atoms with Gasteiger partial charge in [0.1, 0.15) is 6.07 Å². The second kappa shape index (κ2) is 5.83. The molecule has 90 valence electrons. The van der Waals surface area contributed by atoms with E-state index >= 15 is 0 Å². The fourth-order valence-corrected chi connectivity index (χ4v) is 1.85. The largest absolute Gasteiger partial charge is 0.382 e. The SMILES string of the molecule is Cc1cccc(CCNc2cccnc2C#N)c1. The Morgan fingerprint density at radius 2 is 2.17 bits per heavy atom. The highest BCUT2D eigenvalue weighted by Crippen LogP contribution is 2.11. The van der Waals surface area contributed by atoms with Crippen LogP contribution in [0.2, 0.25) is 0 Å². The first-order valence-electron chi connectivity index (χ1n) is 5.94. The highest BCUT2D eigenvalue weighted by molar-refractivity contribution is 5.53. The van der Waals surface area contributed by atoms with Gasteiger partial charge in [0.15, 0.2) is 5.69 Å². The van der Waals surface area contributed by atoms with Crippen LogP contribution in [0.15, 0.2) is 42.6 Å². The number of nitrogens with zero attached hydrogens (tertiary/aromatic N) is 2. The summed E-state index contributed by atoms with van der Waals surface area (Å²) in [6, 6.07) is 14.2. The molecule has 0 unspecified atom stereocenters. The van der Waals surface area contributed by atoms with E-state index in [1.807, 2.05) is 12.1 Å². The smallest absolute Gasteiger partial charge is 0.163 e. The molecule has 0 fully saturated rings. The highest BCUT2D eigenvalue weighted by atomic mass is 14.9. The number of hydrogen-bond acceptors (Lipinski definition) is 3. The van der Waals surface area contributed by atoms with Gasteiger partial charge in [-0.25, -0.2) is 4.98 Å². The number of nitriles is 1. The van der Waals surface area contributed by atoms with Crippen LogP contribution in [0, 0.1) is 18.3 Å². The van der Waals surface area contributed by atoms with Gasteiger partial charge < -0.3 is 5.32 Å². The Morgan fingerprint density at radius 1 is 1.28 bits per heavy atom. The van der Waals surface area contributed by atoms with Crippen LogP contribution in [0.1, 0.15) is 16.8 Å². The third kappa shape index (κ3) is 3.08. The summed E-state index contributed by atoms with van der Waals surface area (Å²) in [4.78, 5) is 4.01. The Labute approximate surface area is 107 Å². The molecule has 2 rings (SSSR count). The summed E-state index contributed by atoms with van der Waals surface area (Å²) in [7, 11) is 0. The molecule has 0 aliphatic heterocycles. The molecule has 0 radical (unpaired) electrons. The van der Waals surface area contributed by atoms with Gasteiger partial charge in [0.2, 0.25) is 0 Å². The summed E-state index contributed by atoms with van der Waals surface area (Å²) in [5, 5.41) is 12.2. The van der Waals surface area contributed by atoms with Crippen molar-refractivity contribution in [3.8, 4) is 6.07 Å². The van der Waals surface area contributed by atoms with Gasteiger partial charge >= 0.3 is 0 Å². The molecule has 3 heteroatoms. The average molecular weight is 237 g/mol. The number of aryl methyl sites for hydroxylation is 1. The molecule has 0 atom stereocenters. The maximum atomic E-state index is 8.92. The molecule has 2 aromatic rings. The van der Waals surface area contributed by atoms with Crippen molar-refractivity contribution in [1.29, 1.82) is 5.26 Å². The van der Waals surface area contributed by atoms with Gasteiger partial charge in [0.05, 0.1) is 5.69 Å². The van der Waals surface area contributed by atoms with Gasteiger partial charge in [-0.2, -0.15) is 5.26 Å². The average Bonchev–Trinajstić information content (AvgIpc) is 2.39. The van der Waals surface area contributed by atoms with Gasteiger partial charge in [0.25, 0.3) is 0 Å². The Bertz CT molecular complexity index is 570. The normalized spacial score (nSPS) is 9.78. The molecule has 18 heavy (non-hydrogen) atoms. The molecule has 0 saturated heterocycles. The van der Waals surface area contributed by atoms with E-state index in [0.29, 0.717) is 5.69 Å². The van der Waals surface area contributed by atoms with Crippen LogP contribution in [0.25, 0.3) is 0 Å². The predicted molar refractivity (Wildman–Crippen MR) is 72.3 cm³/mol. The van der Waals surface area contributed by atoms with Crippen LogP contribution < -0.4 is 5.32 Å². The van der Waals surface area contributed by atoms with E-state index in [1.54, 1.807) is 6.20 Å². The molecular formula is C15H15N3. The Kier molecular flexibility index (Phi) is 3.93.